The van der Waals surface area contributed by atoms with Crippen molar-refractivity contribution in [2.24, 2.45) is 5.41 Å². The summed E-state index contributed by atoms with van der Waals surface area (Å²) in [5.74, 6) is -0.321. The second-order valence-electron chi connectivity index (χ2n) is 4.93. The van der Waals surface area contributed by atoms with Crippen LogP contribution in [0.15, 0.2) is 18.5 Å². The van der Waals surface area contributed by atoms with Gasteiger partial charge in [-0.2, -0.15) is 0 Å². The van der Waals surface area contributed by atoms with E-state index in [-0.39, 0.29) is 18.4 Å². The lowest BCUT2D eigenvalue weighted by molar-refractivity contribution is -0.131. The molecule has 5 nitrogen and oxygen atoms in total. The van der Waals surface area contributed by atoms with E-state index < -0.39 is 5.41 Å². The van der Waals surface area contributed by atoms with Gasteiger partial charge in [0.05, 0.1) is 6.54 Å². The molecule has 0 bridgehead atoms. The molecule has 0 radical (unpaired) electrons. The van der Waals surface area contributed by atoms with E-state index in [4.69, 9.17) is 0 Å². The Morgan fingerprint density at radius 3 is 2.53 bits per heavy atom. The zero-order valence-electron chi connectivity index (χ0n) is 10.5. The number of rotatable bonds is 4. The zero-order valence-corrected chi connectivity index (χ0v) is 10.5. The van der Waals surface area contributed by atoms with Gasteiger partial charge in [-0.1, -0.05) is 20.8 Å². The molecule has 0 saturated carbocycles. The van der Waals surface area contributed by atoms with Crippen LogP contribution in [-0.4, -0.2) is 23.3 Å². The minimum atomic E-state index is -0.471. The smallest absolute Gasteiger partial charge is 0.239 e. The highest BCUT2D eigenvalue weighted by Gasteiger charge is 2.21. The number of hydrogen-bond acceptors (Lipinski definition) is 2. The van der Waals surface area contributed by atoms with Crippen LogP contribution in [0.25, 0.3) is 0 Å². The van der Waals surface area contributed by atoms with E-state index >= 15 is 0 Å². The van der Waals surface area contributed by atoms with Crippen molar-refractivity contribution in [1.29, 1.82) is 0 Å². The number of aromatic amines is 1. The maximum atomic E-state index is 11.5. The molecule has 3 N–H and O–H groups in total. The molecule has 1 aromatic heterocycles. The van der Waals surface area contributed by atoms with Gasteiger partial charge in [0, 0.05) is 24.4 Å². The molecule has 5 heteroatoms. The molecule has 1 rings (SSSR count). The molecule has 0 aliphatic carbocycles. The monoisotopic (exact) mass is 237 g/mol. The van der Waals surface area contributed by atoms with E-state index in [1.165, 1.54) is 0 Å². The second kappa shape index (κ2) is 5.52. The standard InChI is InChI=1S/C12H19N3O2/c1-12(2,3)11(17)15-8-10(16)14-7-9-4-5-13-6-9/h4-6,13H,7-8H2,1-3H3,(H,14,16)(H,15,17). The summed E-state index contributed by atoms with van der Waals surface area (Å²) in [6.45, 7) is 5.90. The minimum Gasteiger partial charge on any atom is -0.367 e. The first-order chi connectivity index (χ1) is 7.89. The van der Waals surface area contributed by atoms with Crippen LogP contribution in [0.1, 0.15) is 26.3 Å². The van der Waals surface area contributed by atoms with Crippen molar-refractivity contribution < 1.29 is 9.59 Å². The topological polar surface area (TPSA) is 74.0 Å². The molecule has 0 aliphatic heterocycles. The summed E-state index contributed by atoms with van der Waals surface area (Å²) in [6.07, 6.45) is 3.61. The van der Waals surface area contributed by atoms with Crippen molar-refractivity contribution in [2.75, 3.05) is 6.54 Å². The highest BCUT2D eigenvalue weighted by atomic mass is 16.2. The lowest BCUT2D eigenvalue weighted by atomic mass is 9.96. The molecular weight excluding hydrogens is 218 g/mol. The largest absolute Gasteiger partial charge is 0.367 e. The van der Waals surface area contributed by atoms with Crippen molar-refractivity contribution >= 4 is 11.8 Å². The first-order valence-corrected chi connectivity index (χ1v) is 5.56. The van der Waals surface area contributed by atoms with Crippen LogP contribution in [-0.2, 0) is 16.1 Å². The van der Waals surface area contributed by atoms with E-state index in [0.717, 1.165) is 5.56 Å². The van der Waals surface area contributed by atoms with Crippen LogP contribution in [0.2, 0.25) is 0 Å². The number of carbonyl (C=O) groups excluding carboxylic acids is 2. The number of hydrogen-bond donors (Lipinski definition) is 3. The predicted molar refractivity (Wildman–Crippen MR) is 65.1 cm³/mol. The highest BCUT2D eigenvalue weighted by molar-refractivity contribution is 5.87. The Labute approximate surface area is 101 Å². The molecule has 17 heavy (non-hydrogen) atoms. The lowest BCUT2D eigenvalue weighted by Crippen LogP contribution is -2.41. The van der Waals surface area contributed by atoms with Crippen LogP contribution >= 0.6 is 0 Å². The summed E-state index contributed by atoms with van der Waals surface area (Å²) in [4.78, 5) is 25.8. The van der Waals surface area contributed by atoms with Crippen LogP contribution in [0.5, 0.6) is 0 Å². The third-order valence-electron chi connectivity index (χ3n) is 2.24. The molecule has 0 unspecified atom stereocenters. The van der Waals surface area contributed by atoms with Gasteiger partial charge in [0.1, 0.15) is 0 Å². The van der Waals surface area contributed by atoms with Crippen LogP contribution in [0, 0.1) is 5.41 Å². The van der Waals surface area contributed by atoms with Gasteiger partial charge in [0.2, 0.25) is 11.8 Å². The summed E-state index contributed by atoms with van der Waals surface area (Å²) in [5.41, 5.74) is 0.529. The SMILES string of the molecule is CC(C)(C)C(=O)NCC(=O)NCc1cc[nH]c1. The average molecular weight is 237 g/mol. The third-order valence-corrected chi connectivity index (χ3v) is 2.24. The van der Waals surface area contributed by atoms with Crippen LogP contribution in [0.3, 0.4) is 0 Å². The molecular formula is C12H19N3O2. The number of carbonyl (C=O) groups is 2. The first kappa shape index (κ1) is 13.3. The molecule has 0 atom stereocenters. The third kappa shape index (κ3) is 4.72. The van der Waals surface area contributed by atoms with Crippen molar-refractivity contribution in [3.63, 3.8) is 0 Å². The first-order valence-electron chi connectivity index (χ1n) is 5.56. The van der Waals surface area contributed by atoms with Gasteiger partial charge in [0.25, 0.3) is 0 Å². The molecule has 1 heterocycles. The molecule has 0 aromatic carbocycles. The summed E-state index contributed by atoms with van der Waals surface area (Å²) in [7, 11) is 0. The van der Waals surface area contributed by atoms with Gasteiger partial charge in [-0.05, 0) is 11.6 Å². The quantitative estimate of drug-likeness (QED) is 0.724. The summed E-state index contributed by atoms with van der Waals surface area (Å²) in [6, 6.07) is 1.88. The normalized spacial score (nSPS) is 11.0. The Hall–Kier alpha value is -1.78. The van der Waals surface area contributed by atoms with Crippen molar-refractivity contribution in [3.05, 3.63) is 24.0 Å². The van der Waals surface area contributed by atoms with Gasteiger partial charge in [-0.3, -0.25) is 9.59 Å². The second-order valence-corrected chi connectivity index (χ2v) is 4.93. The molecule has 0 spiro atoms. The van der Waals surface area contributed by atoms with E-state index in [1.807, 2.05) is 12.3 Å². The summed E-state index contributed by atoms with van der Waals surface area (Å²) in [5, 5.41) is 5.31. The van der Waals surface area contributed by atoms with Crippen LogP contribution in [0.4, 0.5) is 0 Å². The Morgan fingerprint density at radius 2 is 2.00 bits per heavy atom. The maximum Gasteiger partial charge on any atom is 0.239 e. The maximum absolute atomic E-state index is 11.5. The van der Waals surface area contributed by atoms with Gasteiger partial charge in [-0.25, -0.2) is 0 Å². The zero-order chi connectivity index (χ0) is 12.9. The van der Waals surface area contributed by atoms with Crippen molar-refractivity contribution in [1.82, 2.24) is 15.6 Å². The summed E-state index contributed by atoms with van der Waals surface area (Å²) >= 11 is 0. The van der Waals surface area contributed by atoms with Crippen LogP contribution < -0.4 is 10.6 Å². The van der Waals surface area contributed by atoms with E-state index in [1.54, 1.807) is 27.0 Å². The summed E-state index contributed by atoms with van der Waals surface area (Å²) < 4.78 is 0. The van der Waals surface area contributed by atoms with E-state index in [9.17, 15) is 9.59 Å². The van der Waals surface area contributed by atoms with Crippen molar-refractivity contribution in [2.45, 2.75) is 27.3 Å². The number of nitrogens with one attached hydrogen (secondary N) is 3. The molecule has 0 saturated heterocycles. The number of amides is 2. The fourth-order valence-electron chi connectivity index (χ4n) is 1.16. The van der Waals surface area contributed by atoms with E-state index in [0.29, 0.717) is 6.54 Å². The van der Waals surface area contributed by atoms with Gasteiger partial charge in [0.15, 0.2) is 0 Å². The average Bonchev–Trinajstić information content (AvgIpc) is 2.74. The number of H-pyrrole nitrogens is 1. The Morgan fingerprint density at radius 1 is 1.29 bits per heavy atom. The molecule has 0 fully saturated rings. The Kier molecular flexibility index (Phi) is 4.31. The van der Waals surface area contributed by atoms with E-state index in [2.05, 4.69) is 15.6 Å². The molecule has 94 valence electrons. The Balaban J connectivity index is 2.24. The lowest BCUT2D eigenvalue weighted by Gasteiger charge is -2.17. The fraction of sp³-hybridized carbons (Fsp3) is 0.500. The predicted octanol–water partition coefficient (Wildman–Crippen LogP) is 0.793. The van der Waals surface area contributed by atoms with Gasteiger partial charge < -0.3 is 15.6 Å². The Bertz CT molecular complexity index is 377. The van der Waals surface area contributed by atoms with Gasteiger partial charge in [-0.15, -0.1) is 0 Å². The van der Waals surface area contributed by atoms with Crippen molar-refractivity contribution in [3.8, 4) is 0 Å². The van der Waals surface area contributed by atoms with Gasteiger partial charge >= 0.3 is 0 Å². The molecule has 1 aromatic rings. The minimum absolute atomic E-state index is 0.0144. The molecule has 0 aliphatic rings. The highest BCUT2D eigenvalue weighted by Crippen LogP contribution is 2.11. The number of aromatic nitrogens is 1. The fourth-order valence-corrected chi connectivity index (χ4v) is 1.16. The molecule has 2 amide bonds.